The van der Waals surface area contributed by atoms with Crippen molar-refractivity contribution in [1.29, 1.82) is 0 Å². The lowest BCUT2D eigenvalue weighted by Gasteiger charge is -2.38. The number of para-hydroxylation sites is 1. The molecule has 3 aliphatic rings. The molecule has 10 heteroatoms. The fraction of sp³-hybridized carbons (Fsp3) is 0.171. The zero-order valence-electron chi connectivity index (χ0n) is 24.3. The third-order valence-electron chi connectivity index (χ3n) is 9.14. The van der Waals surface area contributed by atoms with Gasteiger partial charge in [0.2, 0.25) is 5.91 Å². The number of ketones is 2. The van der Waals surface area contributed by atoms with Crippen molar-refractivity contribution in [3.63, 3.8) is 0 Å². The quantitative estimate of drug-likeness (QED) is 0.165. The summed E-state index contributed by atoms with van der Waals surface area (Å²) in [5, 5.41) is 14.7. The number of ether oxygens (including phenoxy) is 2. The van der Waals surface area contributed by atoms with E-state index in [-0.39, 0.29) is 22.6 Å². The Morgan fingerprint density at radius 1 is 0.911 bits per heavy atom. The molecule has 0 radical (unpaired) electrons. The number of benzene rings is 4. The smallest absolute Gasteiger partial charge is 0.270 e. The van der Waals surface area contributed by atoms with Crippen LogP contribution in [0.15, 0.2) is 97.2 Å². The normalized spacial score (nSPS) is 22.3. The molecule has 1 N–H and O–H groups in total. The minimum Gasteiger partial charge on any atom is -0.497 e. The largest absolute Gasteiger partial charge is 0.497 e. The van der Waals surface area contributed by atoms with Crippen LogP contribution in [0.4, 0.5) is 11.4 Å². The summed E-state index contributed by atoms with van der Waals surface area (Å²) in [5.41, 5.74) is 1.14. The molecule has 0 aliphatic carbocycles. The summed E-state index contributed by atoms with van der Waals surface area (Å²) in [5.74, 6) is -2.08. The average Bonchev–Trinajstić information content (AvgIpc) is 3.55. The zero-order chi connectivity index (χ0) is 31.5. The van der Waals surface area contributed by atoms with E-state index in [2.05, 4.69) is 5.32 Å². The van der Waals surface area contributed by atoms with Gasteiger partial charge in [-0.25, -0.2) is 0 Å². The highest BCUT2D eigenvalue weighted by atomic mass is 16.6. The Kier molecular flexibility index (Phi) is 6.50. The summed E-state index contributed by atoms with van der Waals surface area (Å²) in [6, 6.07) is 23.0. The van der Waals surface area contributed by atoms with Gasteiger partial charge in [0.15, 0.2) is 11.6 Å². The van der Waals surface area contributed by atoms with Gasteiger partial charge in [-0.1, -0.05) is 54.6 Å². The first kappa shape index (κ1) is 28.0. The highest BCUT2D eigenvalue weighted by molar-refractivity contribution is 6.17. The van der Waals surface area contributed by atoms with Gasteiger partial charge in [-0.15, -0.1) is 0 Å². The standard InChI is InChI=1S/C35H27N3O7/c1-44-23-14-15-28(45-2)25(19-23)32(40)29-30(31(39)21-9-7-10-22(18-21)38(42)43)37-17-16-20-8-3-4-11-24(20)33(37)35(29)26-12-5-6-13-27(26)36-34(35)41/h3-19,29-30,33H,1-2H3,(H,36,41)/t29-,30-,33+,35+/m0/s1. The molecule has 1 saturated heterocycles. The number of nitrogens with one attached hydrogen (secondary N) is 1. The molecule has 1 amide bonds. The zero-order valence-corrected chi connectivity index (χ0v) is 24.3. The van der Waals surface area contributed by atoms with Crippen LogP contribution in [0.1, 0.15) is 43.4 Å². The third-order valence-corrected chi connectivity index (χ3v) is 9.14. The van der Waals surface area contributed by atoms with Gasteiger partial charge in [0.1, 0.15) is 23.0 Å². The summed E-state index contributed by atoms with van der Waals surface area (Å²) >= 11 is 0. The molecule has 4 aromatic rings. The van der Waals surface area contributed by atoms with E-state index < -0.39 is 45.8 Å². The second-order valence-corrected chi connectivity index (χ2v) is 11.2. The van der Waals surface area contributed by atoms with Crippen molar-refractivity contribution in [3.05, 3.63) is 135 Å². The van der Waals surface area contributed by atoms with Gasteiger partial charge in [-0.2, -0.15) is 0 Å². The first-order valence-electron chi connectivity index (χ1n) is 14.3. The molecule has 4 aromatic carbocycles. The van der Waals surface area contributed by atoms with Crippen LogP contribution in [-0.4, -0.2) is 47.6 Å². The van der Waals surface area contributed by atoms with E-state index in [1.54, 1.807) is 47.5 Å². The summed E-state index contributed by atoms with van der Waals surface area (Å²) in [4.78, 5) is 57.4. The molecule has 0 bridgehead atoms. The lowest BCUT2D eigenvalue weighted by atomic mass is 9.62. The number of Topliss-reactive ketones (excluding diaryl/α,β-unsaturated/α-hetero) is 2. The first-order valence-corrected chi connectivity index (χ1v) is 14.3. The Labute approximate surface area is 258 Å². The fourth-order valence-corrected chi connectivity index (χ4v) is 7.29. The Balaban J connectivity index is 1.55. The van der Waals surface area contributed by atoms with E-state index in [9.17, 15) is 19.7 Å². The first-order chi connectivity index (χ1) is 21.8. The predicted molar refractivity (Wildman–Crippen MR) is 165 cm³/mol. The van der Waals surface area contributed by atoms with Crippen LogP contribution in [0.5, 0.6) is 11.5 Å². The molecule has 1 fully saturated rings. The van der Waals surface area contributed by atoms with Crippen molar-refractivity contribution < 1.29 is 28.8 Å². The van der Waals surface area contributed by atoms with E-state index in [1.807, 2.05) is 36.4 Å². The minimum absolute atomic E-state index is 0.0550. The van der Waals surface area contributed by atoms with E-state index in [1.165, 1.54) is 38.5 Å². The summed E-state index contributed by atoms with van der Waals surface area (Å²) in [6.07, 6.45) is 3.60. The average molecular weight is 602 g/mol. The van der Waals surface area contributed by atoms with Crippen molar-refractivity contribution in [2.45, 2.75) is 17.5 Å². The van der Waals surface area contributed by atoms with Gasteiger partial charge >= 0.3 is 0 Å². The second kappa shape index (κ2) is 10.4. The maximum Gasteiger partial charge on any atom is 0.270 e. The molecule has 7 rings (SSSR count). The number of carbonyl (C=O) groups is 3. The Bertz CT molecular complexity index is 1950. The minimum atomic E-state index is -1.57. The number of methoxy groups -OCH3 is 2. The molecule has 4 atom stereocenters. The molecule has 224 valence electrons. The monoisotopic (exact) mass is 601 g/mol. The van der Waals surface area contributed by atoms with Crippen LogP contribution in [0.25, 0.3) is 6.08 Å². The van der Waals surface area contributed by atoms with Gasteiger partial charge in [-0.05, 0) is 47.0 Å². The summed E-state index contributed by atoms with van der Waals surface area (Å²) in [7, 11) is 2.92. The highest BCUT2D eigenvalue weighted by Gasteiger charge is 2.71. The van der Waals surface area contributed by atoms with Crippen molar-refractivity contribution in [2.24, 2.45) is 5.92 Å². The maximum atomic E-state index is 15.2. The van der Waals surface area contributed by atoms with E-state index in [0.717, 1.165) is 11.1 Å². The van der Waals surface area contributed by atoms with Gasteiger partial charge in [0.05, 0.1) is 36.7 Å². The molecule has 3 heterocycles. The molecule has 10 nitrogen and oxygen atoms in total. The number of hydrogen-bond donors (Lipinski definition) is 1. The van der Waals surface area contributed by atoms with Crippen LogP contribution in [0, 0.1) is 16.0 Å². The molecule has 0 aromatic heterocycles. The molecule has 0 unspecified atom stereocenters. The van der Waals surface area contributed by atoms with Gasteiger partial charge in [-0.3, -0.25) is 24.5 Å². The van der Waals surface area contributed by atoms with Gasteiger partial charge in [0.25, 0.3) is 5.69 Å². The van der Waals surface area contributed by atoms with Gasteiger partial charge in [0, 0.05) is 29.6 Å². The lowest BCUT2D eigenvalue weighted by Crippen LogP contribution is -2.49. The molecular formula is C35H27N3O7. The molecular weight excluding hydrogens is 574 g/mol. The van der Waals surface area contributed by atoms with Crippen molar-refractivity contribution in [2.75, 3.05) is 19.5 Å². The number of nitro benzene ring substituents is 1. The lowest BCUT2D eigenvalue weighted by molar-refractivity contribution is -0.384. The number of hydrogen-bond acceptors (Lipinski definition) is 8. The Morgan fingerprint density at radius 2 is 1.69 bits per heavy atom. The molecule has 0 saturated carbocycles. The van der Waals surface area contributed by atoms with Crippen LogP contribution in [0.2, 0.25) is 0 Å². The number of amides is 1. The van der Waals surface area contributed by atoms with Crippen molar-refractivity contribution in [1.82, 2.24) is 4.90 Å². The third kappa shape index (κ3) is 3.98. The fourth-order valence-electron chi connectivity index (χ4n) is 7.29. The molecule has 3 aliphatic heterocycles. The molecule has 45 heavy (non-hydrogen) atoms. The number of rotatable bonds is 7. The van der Waals surface area contributed by atoms with Crippen LogP contribution >= 0.6 is 0 Å². The Morgan fingerprint density at radius 3 is 2.47 bits per heavy atom. The predicted octanol–water partition coefficient (Wildman–Crippen LogP) is 5.59. The van der Waals surface area contributed by atoms with E-state index >= 15 is 4.79 Å². The van der Waals surface area contributed by atoms with Gasteiger partial charge < -0.3 is 19.7 Å². The number of anilines is 1. The van der Waals surface area contributed by atoms with Crippen molar-refractivity contribution in [3.8, 4) is 11.5 Å². The number of nitrogens with zero attached hydrogens (tertiary/aromatic N) is 2. The Hall–Kier alpha value is -5.77. The van der Waals surface area contributed by atoms with Crippen LogP contribution in [0.3, 0.4) is 0 Å². The number of nitro groups is 1. The SMILES string of the molecule is COc1ccc(OC)c(C(=O)[C@@H]2[C@@H](C(=O)c3cccc([N+](=O)[O-])c3)N3C=Cc4ccccc4[C@@H]3[C@]23C(=O)Nc2ccccc23)c1. The van der Waals surface area contributed by atoms with Crippen LogP contribution in [-0.2, 0) is 10.2 Å². The number of fused-ring (bicyclic) bond motifs is 6. The summed E-state index contributed by atoms with van der Waals surface area (Å²) in [6.45, 7) is 0. The number of non-ortho nitro benzene ring substituents is 1. The van der Waals surface area contributed by atoms with Crippen molar-refractivity contribution >= 4 is 34.9 Å². The maximum absolute atomic E-state index is 15.2. The number of carbonyl (C=O) groups excluding carboxylic acids is 3. The highest BCUT2D eigenvalue weighted by Crippen LogP contribution is 2.62. The second-order valence-electron chi connectivity index (χ2n) is 11.2. The van der Waals surface area contributed by atoms with E-state index in [4.69, 9.17) is 9.47 Å². The summed E-state index contributed by atoms with van der Waals surface area (Å²) < 4.78 is 11.0. The topological polar surface area (TPSA) is 128 Å². The molecule has 1 spiro atoms. The van der Waals surface area contributed by atoms with Crippen LogP contribution < -0.4 is 14.8 Å². The van der Waals surface area contributed by atoms with E-state index in [0.29, 0.717) is 17.0 Å².